The molecule has 2 rings (SSSR count). The van der Waals surface area contributed by atoms with E-state index < -0.39 is 15.7 Å². The fourth-order valence-corrected chi connectivity index (χ4v) is 4.42. The van der Waals surface area contributed by atoms with Gasteiger partial charge in [0.1, 0.15) is 5.82 Å². The zero-order valence-electron chi connectivity index (χ0n) is 13.0. The molecule has 1 aromatic rings. The number of sulfone groups is 1. The summed E-state index contributed by atoms with van der Waals surface area (Å²) in [5, 5.41) is 0. The molecule has 0 spiro atoms. The number of benzene rings is 1. The summed E-state index contributed by atoms with van der Waals surface area (Å²) in [6, 6.07) is 4.11. The first kappa shape index (κ1) is 16.9. The van der Waals surface area contributed by atoms with E-state index in [0.717, 1.165) is 12.8 Å². The van der Waals surface area contributed by atoms with E-state index in [1.54, 1.807) is 24.0 Å². The second kappa shape index (κ2) is 6.77. The Labute approximate surface area is 131 Å². The molecular weight excluding hydrogens is 305 g/mol. The Morgan fingerprint density at radius 3 is 2.68 bits per heavy atom. The van der Waals surface area contributed by atoms with Crippen LogP contribution in [0.25, 0.3) is 0 Å². The van der Waals surface area contributed by atoms with E-state index >= 15 is 0 Å². The van der Waals surface area contributed by atoms with Crippen molar-refractivity contribution < 1.29 is 17.6 Å². The molecule has 1 aliphatic rings. The number of nitrogens with zero attached hydrogens (tertiary/aromatic N) is 1. The van der Waals surface area contributed by atoms with Crippen molar-refractivity contribution in [2.75, 3.05) is 18.1 Å². The van der Waals surface area contributed by atoms with Gasteiger partial charge in [-0.2, -0.15) is 0 Å². The lowest BCUT2D eigenvalue weighted by Crippen LogP contribution is -2.41. The predicted octanol–water partition coefficient (Wildman–Crippen LogP) is 2.56. The molecule has 0 aromatic heterocycles. The molecule has 0 unspecified atom stereocenters. The minimum absolute atomic E-state index is 0.0107. The highest BCUT2D eigenvalue weighted by Gasteiger charge is 2.34. The first-order valence-corrected chi connectivity index (χ1v) is 9.43. The molecule has 1 atom stereocenters. The Hall–Kier alpha value is -1.43. The Kier molecular flexibility index (Phi) is 5.21. The van der Waals surface area contributed by atoms with Crippen LogP contribution in [0, 0.1) is 12.7 Å². The molecule has 0 radical (unpaired) electrons. The first-order chi connectivity index (χ1) is 10.3. The molecule has 4 nitrogen and oxygen atoms in total. The van der Waals surface area contributed by atoms with E-state index in [-0.39, 0.29) is 29.0 Å². The second-order valence-electron chi connectivity index (χ2n) is 5.87. The van der Waals surface area contributed by atoms with Crippen LogP contribution < -0.4 is 0 Å². The quantitative estimate of drug-likeness (QED) is 0.835. The molecule has 122 valence electrons. The molecule has 0 saturated carbocycles. The fourth-order valence-electron chi connectivity index (χ4n) is 2.69. The number of unbranched alkanes of at least 4 members (excludes halogenated alkanes) is 1. The third-order valence-corrected chi connectivity index (χ3v) is 5.83. The van der Waals surface area contributed by atoms with Crippen molar-refractivity contribution in [1.82, 2.24) is 4.90 Å². The molecule has 0 bridgehead atoms. The highest BCUT2D eigenvalue weighted by Crippen LogP contribution is 2.21. The average Bonchev–Trinajstić information content (AvgIpc) is 2.82. The SMILES string of the molecule is CCCCN(C(=O)c1ccc(C)c(F)c1)[C@H]1CCS(=O)(=O)C1. The van der Waals surface area contributed by atoms with E-state index in [4.69, 9.17) is 0 Å². The van der Waals surface area contributed by atoms with Gasteiger partial charge >= 0.3 is 0 Å². The van der Waals surface area contributed by atoms with Crippen LogP contribution in [-0.4, -0.2) is 43.3 Å². The van der Waals surface area contributed by atoms with Gasteiger partial charge in [0.15, 0.2) is 9.84 Å². The van der Waals surface area contributed by atoms with Gasteiger partial charge in [0.2, 0.25) is 0 Å². The number of hydrogen-bond acceptors (Lipinski definition) is 3. The summed E-state index contributed by atoms with van der Waals surface area (Å²) >= 11 is 0. The molecule has 22 heavy (non-hydrogen) atoms. The fraction of sp³-hybridized carbons (Fsp3) is 0.562. The normalized spacial score (nSPS) is 20.0. The van der Waals surface area contributed by atoms with Crippen LogP contribution in [-0.2, 0) is 9.84 Å². The Morgan fingerprint density at radius 2 is 2.14 bits per heavy atom. The molecule has 1 heterocycles. The standard InChI is InChI=1S/C16H22FNO3S/c1-3-4-8-18(14-7-9-22(20,21)11-14)16(19)13-6-5-12(2)15(17)10-13/h5-6,10,14H,3-4,7-9,11H2,1-2H3/t14-/m0/s1. The van der Waals surface area contributed by atoms with Crippen molar-refractivity contribution in [1.29, 1.82) is 0 Å². The number of aryl methyl sites for hydroxylation is 1. The lowest BCUT2D eigenvalue weighted by Gasteiger charge is -2.28. The van der Waals surface area contributed by atoms with E-state index in [2.05, 4.69) is 0 Å². The summed E-state index contributed by atoms with van der Waals surface area (Å²) in [6.07, 6.45) is 2.17. The number of amides is 1. The number of carbonyl (C=O) groups is 1. The second-order valence-corrected chi connectivity index (χ2v) is 8.10. The monoisotopic (exact) mass is 327 g/mol. The lowest BCUT2D eigenvalue weighted by atomic mass is 10.1. The van der Waals surface area contributed by atoms with Gasteiger partial charge in [0.25, 0.3) is 5.91 Å². The Balaban J connectivity index is 2.24. The molecule has 1 aliphatic heterocycles. The summed E-state index contributed by atoms with van der Waals surface area (Å²) in [5.74, 6) is -0.568. The van der Waals surface area contributed by atoms with E-state index in [1.165, 1.54) is 6.07 Å². The topological polar surface area (TPSA) is 54.5 Å². The largest absolute Gasteiger partial charge is 0.335 e. The van der Waals surface area contributed by atoms with Crippen LogP contribution in [0.5, 0.6) is 0 Å². The molecule has 0 N–H and O–H groups in total. The molecule has 1 fully saturated rings. The number of rotatable bonds is 5. The highest BCUT2D eigenvalue weighted by atomic mass is 32.2. The van der Waals surface area contributed by atoms with E-state index in [1.807, 2.05) is 6.92 Å². The van der Waals surface area contributed by atoms with E-state index in [9.17, 15) is 17.6 Å². The number of carbonyl (C=O) groups excluding carboxylic acids is 1. The maximum absolute atomic E-state index is 13.7. The average molecular weight is 327 g/mol. The van der Waals surface area contributed by atoms with Gasteiger partial charge < -0.3 is 4.90 Å². The summed E-state index contributed by atoms with van der Waals surface area (Å²) in [5.41, 5.74) is 0.767. The molecule has 1 aromatic carbocycles. The van der Waals surface area contributed by atoms with Gasteiger partial charge in [0.05, 0.1) is 11.5 Å². The zero-order chi connectivity index (χ0) is 16.3. The minimum atomic E-state index is -3.06. The van der Waals surface area contributed by atoms with Crippen molar-refractivity contribution in [3.8, 4) is 0 Å². The van der Waals surface area contributed by atoms with E-state index in [0.29, 0.717) is 18.5 Å². The maximum atomic E-state index is 13.7. The summed E-state index contributed by atoms with van der Waals surface area (Å²) < 4.78 is 37.0. The summed E-state index contributed by atoms with van der Waals surface area (Å²) in [4.78, 5) is 14.3. The molecule has 6 heteroatoms. The molecule has 0 aliphatic carbocycles. The van der Waals surface area contributed by atoms with Crippen molar-refractivity contribution in [2.45, 2.75) is 39.2 Å². The molecule has 1 amide bonds. The van der Waals surface area contributed by atoms with Gasteiger partial charge in [-0.15, -0.1) is 0 Å². The van der Waals surface area contributed by atoms with Crippen molar-refractivity contribution in [3.05, 3.63) is 35.1 Å². The van der Waals surface area contributed by atoms with Crippen LogP contribution >= 0.6 is 0 Å². The van der Waals surface area contributed by atoms with Gasteiger partial charge in [0, 0.05) is 18.2 Å². The van der Waals surface area contributed by atoms with Gasteiger partial charge in [-0.05, 0) is 37.5 Å². The van der Waals surface area contributed by atoms with Crippen LogP contribution in [0.4, 0.5) is 4.39 Å². The van der Waals surface area contributed by atoms with Crippen LogP contribution in [0.1, 0.15) is 42.1 Å². The molecule has 1 saturated heterocycles. The van der Waals surface area contributed by atoms with Gasteiger partial charge in [-0.3, -0.25) is 4.79 Å². The van der Waals surface area contributed by atoms with Crippen molar-refractivity contribution in [3.63, 3.8) is 0 Å². The Bertz CT molecular complexity index is 657. The zero-order valence-corrected chi connectivity index (χ0v) is 13.8. The Morgan fingerprint density at radius 1 is 1.41 bits per heavy atom. The summed E-state index contributed by atoms with van der Waals surface area (Å²) in [7, 11) is -3.06. The van der Waals surface area contributed by atoms with Crippen molar-refractivity contribution in [2.24, 2.45) is 0 Å². The summed E-state index contributed by atoms with van der Waals surface area (Å²) in [6.45, 7) is 4.16. The van der Waals surface area contributed by atoms with Crippen LogP contribution in [0.2, 0.25) is 0 Å². The third kappa shape index (κ3) is 3.85. The highest BCUT2D eigenvalue weighted by molar-refractivity contribution is 7.91. The van der Waals surface area contributed by atoms with Crippen molar-refractivity contribution >= 4 is 15.7 Å². The maximum Gasteiger partial charge on any atom is 0.254 e. The number of halogens is 1. The number of hydrogen-bond donors (Lipinski definition) is 0. The third-order valence-electron chi connectivity index (χ3n) is 4.08. The van der Waals surface area contributed by atoms with Gasteiger partial charge in [-0.1, -0.05) is 19.4 Å². The van der Waals surface area contributed by atoms with Crippen LogP contribution in [0.3, 0.4) is 0 Å². The molecular formula is C16H22FNO3S. The lowest BCUT2D eigenvalue weighted by molar-refractivity contribution is 0.0693. The first-order valence-electron chi connectivity index (χ1n) is 7.61. The van der Waals surface area contributed by atoms with Crippen LogP contribution in [0.15, 0.2) is 18.2 Å². The smallest absolute Gasteiger partial charge is 0.254 e. The predicted molar refractivity (Wildman–Crippen MR) is 84.1 cm³/mol. The minimum Gasteiger partial charge on any atom is -0.335 e. The van der Waals surface area contributed by atoms with Gasteiger partial charge in [-0.25, -0.2) is 12.8 Å².